The summed E-state index contributed by atoms with van der Waals surface area (Å²) >= 11 is 5.81. The second-order valence-electron chi connectivity index (χ2n) is 5.52. The smallest absolute Gasteiger partial charge is 0.141 e. The van der Waals surface area contributed by atoms with Gasteiger partial charge in [0, 0.05) is 17.4 Å². The van der Waals surface area contributed by atoms with E-state index in [9.17, 15) is 4.39 Å². The largest absolute Gasteiger partial charge is 0.494 e. The van der Waals surface area contributed by atoms with Crippen LogP contribution in [0, 0.1) is 12.7 Å². The third-order valence-corrected chi connectivity index (χ3v) is 3.76. The molecule has 2 aromatic carbocycles. The van der Waals surface area contributed by atoms with Gasteiger partial charge in [0.1, 0.15) is 29.0 Å². The Hall–Kier alpha value is -2.86. The molecule has 0 radical (unpaired) electrons. The van der Waals surface area contributed by atoms with E-state index in [1.165, 1.54) is 12.1 Å². The summed E-state index contributed by atoms with van der Waals surface area (Å²) in [5.74, 6) is 2.16. The topological polar surface area (TPSA) is 59.1 Å². The van der Waals surface area contributed by atoms with Crippen LogP contribution in [0.25, 0.3) is 0 Å². The number of hydrogen-bond donors (Lipinski definition) is 2. The monoisotopic (exact) mass is 372 g/mol. The molecule has 0 saturated carbocycles. The van der Waals surface area contributed by atoms with E-state index in [2.05, 4.69) is 20.6 Å². The summed E-state index contributed by atoms with van der Waals surface area (Å²) < 4.78 is 18.7. The number of ether oxygens (including phenoxy) is 1. The second-order valence-corrected chi connectivity index (χ2v) is 5.93. The van der Waals surface area contributed by atoms with Gasteiger partial charge in [0.25, 0.3) is 0 Å². The van der Waals surface area contributed by atoms with Crippen molar-refractivity contribution in [3.05, 3.63) is 65.2 Å². The molecule has 134 valence electrons. The summed E-state index contributed by atoms with van der Waals surface area (Å²) in [6, 6.07) is 13.8. The van der Waals surface area contributed by atoms with E-state index in [1.807, 2.05) is 31.2 Å². The van der Waals surface area contributed by atoms with Gasteiger partial charge in [-0.3, -0.25) is 0 Å². The van der Waals surface area contributed by atoms with Crippen LogP contribution in [0.4, 0.5) is 27.4 Å². The SMILES string of the molecule is CCOc1ccc(Nc2cc(Nc3ccc(F)c(Cl)c3)nc(C)n2)cc1. The lowest BCUT2D eigenvalue weighted by Gasteiger charge is -2.11. The summed E-state index contributed by atoms with van der Waals surface area (Å²) in [7, 11) is 0. The first-order valence-electron chi connectivity index (χ1n) is 8.11. The molecular weight excluding hydrogens is 355 g/mol. The van der Waals surface area contributed by atoms with Crippen LogP contribution in [-0.2, 0) is 0 Å². The summed E-state index contributed by atoms with van der Waals surface area (Å²) in [6.07, 6.45) is 0. The van der Waals surface area contributed by atoms with Crippen molar-refractivity contribution in [2.75, 3.05) is 17.2 Å². The molecule has 3 rings (SSSR count). The van der Waals surface area contributed by atoms with Gasteiger partial charge in [-0.05, 0) is 56.3 Å². The number of rotatable bonds is 6. The number of aromatic nitrogens is 2. The molecule has 0 bridgehead atoms. The molecule has 2 N–H and O–H groups in total. The van der Waals surface area contributed by atoms with Gasteiger partial charge in [-0.1, -0.05) is 11.6 Å². The number of anilines is 4. The molecule has 0 spiro atoms. The number of nitrogens with one attached hydrogen (secondary N) is 2. The molecule has 0 saturated heterocycles. The van der Waals surface area contributed by atoms with E-state index in [1.54, 1.807) is 19.1 Å². The first-order valence-corrected chi connectivity index (χ1v) is 8.49. The van der Waals surface area contributed by atoms with Gasteiger partial charge in [-0.2, -0.15) is 0 Å². The Balaban J connectivity index is 1.77. The minimum Gasteiger partial charge on any atom is -0.494 e. The third kappa shape index (κ3) is 4.61. The van der Waals surface area contributed by atoms with E-state index in [-0.39, 0.29) is 5.02 Å². The second kappa shape index (κ2) is 8.01. The summed E-state index contributed by atoms with van der Waals surface area (Å²) in [4.78, 5) is 8.72. The lowest BCUT2D eigenvalue weighted by molar-refractivity contribution is 0.340. The predicted molar refractivity (Wildman–Crippen MR) is 102 cm³/mol. The maximum absolute atomic E-state index is 13.3. The lowest BCUT2D eigenvalue weighted by atomic mass is 10.3. The van der Waals surface area contributed by atoms with Crippen molar-refractivity contribution in [3.63, 3.8) is 0 Å². The summed E-state index contributed by atoms with van der Waals surface area (Å²) in [5, 5.41) is 6.38. The van der Waals surface area contributed by atoms with E-state index in [0.29, 0.717) is 29.8 Å². The summed E-state index contributed by atoms with van der Waals surface area (Å²) in [6.45, 7) is 4.37. The van der Waals surface area contributed by atoms with Crippen LogP contribution >= 0.6 is 11.6 Å². The standard InChI is InChI=1S/C19H18ClFN4O/c1-3-26-15-7-4-13(5-8-15)24-18-11-19(23-12(2)22-18)25-14-6-9-17(21)16(20)10-14/h4-11H,3H2,1-2H3,(H2,22,23,24,25). The van der Waals surface area contributed by atoms with Crippen molar-refractivity contribution in [2.45, 2.75) is 13.8 Å². The molecule has 0 aliphatic rings. The van der Waals surface area contributed by atoms with Crippen LogP contribution in [0.5, 0.6) is 5.75 Å². The zero-order valence-corrected chi connectivity index (χ0v) is 15.1. The maximum atomic E-state index is 13.3. The molecule has 3 aromatic rings. The van der Waals surface area contributed by atoms with Gasteiger partial charge >= 0.3 is 0 Å². The van der Waals surface area contributed by atoms with Gasteiger partial charge in [0.05, 0.1) is 11.6 Å². The maximum Gasteiger partial charge on any atom is 0.141 e. The zero-order valence-electron chi connectivity index (χ0n) is 14.4. The molecule has 26 heavy (non-hydrogen) atoms. The van der Waals surface area contributed by atoms with Gasteiger partial charge in [-0.15, -0.1) is 0 Å². The Bertz CT molecular complexity index is 903. The molecule has 0 fully saturated rings. The van der Waals surface area contributed by atoms with Crippen LogP contribution in [0.2, 0.25) is 5.02 Å². The molecule has 7 heteroatoms. The predicted octanol–water partition coefficient (Wildman–Crippen LogP) is 5.46. The molecule has 1 aromatic heterocycles. The van der Waals surface area contributed by atoms with Crippen LogP contribution in [0.3, 0.4) is 0 Å². The van der Waals surface area contributed by atoms with Crippen molar-refractivity contribution < 1.29 is 9.13 Å². The number of nitrogens with zero attached hydrogens (tertiary/aromatic N) is 2. The number of hydrogen-bond acceptors (Lipinski definition) is 5. The Labute approximate surface area is 156 Å². The molecular formula is C19H18ClFN4O. The first kappa shape index (κ1) is 17.9. The van der Waals surface area contributed by atoms with E-state index < -0.39 is 5.82 Å². The first-order chi connectivity index (χ1) is 12.5. The Morgan fingerprint density at radius 1 is 0.962 bits per heavy atom. The molecule has 0 aliphatic carbocycles. The van der Waals surface area contributed by atoms with Crippen LogP contribution in [0.1, 0.15) is 12.7 Å². The van der Waals surface area contributed by atoms with Crippen LogP contribution in [-0.4, -0.2) is 16.6 Å². The fourth-order valence-electron chi connectivity index (χ4n) is 2.37. The van der Waals surface area contributed by atoms with E-state index in [0.717, 1.165) is 11.4 Å². The molecule has 0 aliphatic heterocycles. The highest BCUT2D eigenvalue weighted by atomic mass is 35.5. The normalized spacial score (nSPS) is 10.5. The average molecular weight is 373 g/mol. The molecule has 0 unspecified atom stereocenters. The Kier molecular flexibility index (Phi) is 5.53. The number of halogens is 2. The molecule has 0 amide bonds. The van der Waals surface area contributed by atoms with Crippen molar-refractivity contribution in [1.29, 1.82) is 0 Å². The van der Waals surface area contributed by atoms with Gasteiger partial charge in [0.15, 0.2) is 0 Å². The van der Waals surface area contributed by atoms with Gasteiger partial charge in [0.2, 0.25) is 0 Å². The fourth-order valence-corrected chi connectivity index (χ4v) is 2.55. The Morgan fingerprint density at radius 2 is 1.58 bits per heavy atom. The minimum absolute atomic E-state index is 0.0496. The molecule has 1 heterocycles. The molecule has 5 nitrogen and oxygen atoms in total. The number of aryl methyl sites for hydroxylation is 1. The quantitative estimate of drug-likeness (QED) is 0.601. The van der Waals surface area contributed by atoms with E-state index >= 15 is 0 Å². The van der Waals surface area contributed by atoms with Crippen molar-refractivity contribution >= 4 is 34.6 Å². The molecule has 0 atom stereocenters. The summed E-state index contributed by atoms with van der Waals surface area (Å²) in [5.41, 5.74) is 1.52. The lowest BCUT2D eigenvalue weighted by Crippen LogP contribution is -2.01. The van der Waals surface area contributed by atoms with Crippen molar-refractivity contribution in [3.8, 4) is 5.75 Å². The highest BCUT2D eigenvalue weighted by Crippen LogP contribution is 2.24. The van der Waals surface area contributed by atoms with Crippen LogP contribution < -0.4 is 15.4 Å². The average Bonchev–Trinajstić information content (AvgIpc) is 2.60. The minimum atomic E-state index is -0.464. The van der Waals surface area contributed by atoms with Crippen LogP contribution in [0.15, 0.2) is 48.5 Å². The highest BCUT2D eigenvalue weighted by molar-refractivity contribution is 6.31. The zero-order chi connectivity index (χ0) is 18.5. The van der Waals surface area contributed by atoms with E-state index in [4.69, 9.17) is 16.3 Å². The number of benzene rings is 2. The van der Waals surface area contributed by atoms with Gasteiger partial charge < -0.3 is 15.4 Å². The Morgan fingerprint density at radius 3 is 2.19 bits per heavy atom. The van der Waals surface area contributed by atoms with Gasteiger partial charge in [-0.25, -0.2) is 14.4 Å². The van der Waals surface area contributed by atoms with Crippen molar-refractivity contribution in [2.24, 2.45) is 0 Å². The van der Waals surface area contributed by atoms with Crippen molar-refractivity contribution in [1.82, 2.24) is 9.97 Å². The highest BCUT2D eigenvalue weighted by Gasteiger charge is 2.06. The fraction of sp³-hybridized carbons (Fsp3) is 0.158. The third-order valence-electron chi connectivity index (χ3n) is 3.47.